The van der Waals surface area contributed by atoms with Crippen molar-refractivity contribution in [2.45, 2.75) is 17.9 Å². The van der Waals surface area contributed by atoms with Crippen LogP contribution in [0.4, 0.5) is 0 Å². The Morgan fingerprint density at radius 2 is 2.19 bits per heavy atom. The minimum Gasteiger partial charge on any atom is -0.469 e. The highest BCUT2D eigenvalue weighted by Crippen LogP contribution is 2.22. The summed E-state index contributed by atoms with van der Waals surface area (Å²) >= 11 is 4.24. The Balaban J connectivity index is 3.17. The number of esters is 1. The van der Waals surface area contributed by atoms with Gasteiger partial charge in [0.25, 0.3) is 0 Å². The number of methoxy groups -OCH3 is 1. The van der Waals surface area contributed by atoms with Crippen LogP contribution in [0.2, 0.25) is 0 Å². The highest BCUT2D eigenvalue weighted by molar-refractivity contribution is 7.80. The van der Waals surface area contributed by atoms with Crippen molar-refractivity contribution >= 4 is 18.6 Å². The number of rotatable bonds is 3. The average Bonchev–Trinajstić information content (AvgIpc) is 2.29. The van der Waals surface area contributed by atoms with Gasteiger partial charge in [-0.3, -0.25) is 4.79 Å². The van der Waals surface area contributed by atoms with Crippen molar-refractivity contribution in [2.24, 2.45) is 5.73 Å². The highest BCUT2D eigenvalue weighted by atomic mass is 32.1. The van der Waals surface area contributed by atoms with Gasteiger partial charge in [-0.15, -0.1) is 12.6 Å². The SMILES string of the molecule is COC(=O)Cc1ccc(CN)c(S)c1C#N. The van der Waals surface area contributed by atoms with E-state index in [1.807, 2.05) is 6.07 Å². The molecule has 0 aliphatic heterocycles. The summed E-state index contributed by atoms with van der Waals surface area (Å²) in [6.45, 7) is 0.312. The molecule has 0 saturated carbocycles. The third kappa shape index (κ3) is 2.54. The first-order chi connectivity index (χ1) is 7.63. The Morgan fingerprint density at radius 1 is 1.56 bits per heavy atom. The van der Waals surface area contributed by atoms with Gasteiger partial charge >= 0.3 is 5.97 Å². The van der Waals surface area contributed by atoms with Gasteiger partial charge in [-0.1, -0.05) is 12.1 Å². The van der Waals surface area contributed by atoms with Crippen molar-refractivity contribution in [3.05, 3.63) is 28.8 Å². The number of nitrogens with zero attached hydrogens (tertiary/aromatic N) is 1. The second-order valence-corrected chi connectivity index (χ2v) is 3.62. The summed E-state index contributed by atoms with van der Waals surface area (Å²) < 4.78 is 4.55. The molecule has 2 N–H and O–H groups in total. The molecule has 0 unspecified atom stereocenters. The van der Waals surface area contributed by atoms with E-state index in [-0.39, 0.29) is 12.4 Å². The molecule has 0 radical (unpaired) electrons. The number of hydrogen-bond donors (Lipinski definition) is 2. The minimum absolute atomic E-state index is 0.0673. The van der Waals surface area contributed by atoms with Crippen LogP contribution in [-0.2, 0) is 22.5 Å². The number of benzene rings is 1. The van der Waals surface area contributed by atoms with Crippen LogP contribution in [0.25, 0.3) is 0 Å². The Morgan fingerprint density at radius 3 is 2.69 bits per heavy atom. The molecular weight excluding hydrogens is 224 g/mol. The number of carbonyl (C=O) groups is 1. The van der Waals surface area contributed by atoms with Gasteiger partial charge in [-0.2, -0.15) is 5.26 Å². The molecule has 0 atom stereocenters. The molecular formula is C11H12N2O2S. The van der Waals surface area contributed by atoms with E-state index in [9.17, 15) is 4.79 Å². The van der Waals surface area contributed by atoms with E-state index in [0.29, 0.717) is 22.6 Å². The van der Waals surface area contributed by atoms with Crippen molar-refractivity contribution in [2.75, 3.05) is 7.11 Å². The molecule has 1 rings (SSSR count). The quantitative estimate of drug-likeness (QED) is 0.607. The second-order valence-electron chi connectivity index (χ2n) is 3.18. The molecule has 5 heteroatoms. The van der Waals surface area contributed by atoms with E-state index in [1.54, 1.807) is 12.1 Å². The first-order valence-corrected chi connectivity index (χ1v) is 5.09. The van der Waals surface area contributed by atoms with Gasteiger partial charge in [0.1, 0.15) is 6.07 Å². The van der Waals surface area contributed by atoms with Gasteiger partial charge in [0.15, 0.2) is 0 Å². The molecule has 0 aromatic heterocycles. The normalized spacial score (nSPS) is 9.62. The zero-order valence-corrected chi connectivity index (χ0v) is 9.75. The fraction of sp³-hybridized carbons (Fsp3) is 0.273. The van der Waals surface area contributed by atoms with Gasteiger partial charge in [0.2, 0.25) is 0 Å². The minimum atomic E-state index is -0.385. The van der Waals surface area contributed by atoms with Gasteiger partial charge < -0.3 is 10.5 Å². The van der Waals surface area contributed by atoms with Crippen LogP contribution in [0.3, 0.4) is 0 Å². The molecule has 0 bridgehead atoms. The number of nitrogens with two attached hydrogens (primary N) is 1. The van der Waals surface area contributed by atoms with E-state index in [0.717, 1.165) is 5.56 Å². The van der Waals surface area contributed by atoms with Crippen molar-refractivity contribution in [1.29, 1.82) is 5.26 Å². The molecule has 0 saturated heterocycles. The molecule has 1 aromatic rings. The van der Waals surface area contributed by atoms with Crippen LogP contribution in [0.1, 0.15) is 16.7 Å². The predicted molar refractivity (Wildman–Crippen MR) is 62.0 cm³/mol. The molecule has 84 valence electrons. The molecule has 0 heterocycles. The molecule has 4 nitrogen and oxygen atoms in total. The van der Waals surface area contributed by atoms with Crippen molar-refractivity contribution in [1.82, 2.24) is 0 Å². The average molecular weight is 236 g/mol. The summed E-state index contributed by atoms with van der Waals surface area (Å²) in [5.74, 6) is -0.385. The maximum absolute atomic E-state index is 11.1. The Bertz CT molecular complexity index is 452. The second kappa shape index (κ2) is 5.54. The third-order valence-corrected chi connectivity index (χ3v) is 2.75. The predicted octanol–water partition coefficient (Wildman–Crippen LogP) is 1.02. The lowest BCUT2D eigenvalue weighted by molar-refractivity contribution is -0.139. The number of ether oxygens (including phenoxy) is 1. The zero-order valence-electron chi connectivity index (χ0n) is 8.86. The van der Waals surface area contributed by atoms with Crippen molar-refractivity contribution in [3.8, 4) is 6.07 Å². The van der Waals surface area contributed by atoms with Crippen molar-refractivity contribution in [3.63, 3.8) is 0 Å². The molecule has 16 heavy (non-hydrogen) atoms. The van der Waals surface area contributed by atoms with Crippen LogP contribution in [0, 0.1) is 11.3 Å². The summed E-state index contributed by atoms with van der Waals surface area (Å²) in [4.78, 5) is 11.7. The third-order valence-electron chi connectivity index (χ3n) is 2.24. The largest absolute Gasteiger partial charge is 0.469 e. The molecule has 0 fully saturated rings. The highest BCUT2D eigenvalue weighted by Gasteiger charge is 2.12. The van der Waals surface area contributed by atoms with E-state index >= 15 is 0 Å². The maximum atomic E-state index is 11.1. The molecule has 0 amide bonds. The lowest BCUT2D eigenvalue weighted by Gasteiger charge is -2.08. The molecule has 0 spiro atoms. The summed E-state index contributed by atoms with van der Waals surface area (Å²) in [7, 11) is 1.31. The van der Waals surface area contributed by atoms with Gasteiger partial charge in [0.05, 0.1) is 19.1 Å². The summed E-state index contributed by atoms with van der Waals surface area (Å²) in [6, 6.07) is 5.50. The summed E-state index contributed by atoms with van der Waals surface area (Å²) in [5, 5.41) is 9.01. The summed E-state index contributed by atoms with van der Waals surface area (Å²) in [5.41, 5.74) is 7.28. The van der Waals surface area contributed by atoms with E-state index < -0.39 is 0 Å². The van der Waals surface area contributed by atoms with Crippen LogP contribution < -0.4 is 5.73 Å². The zero-order chi connectivity index (χ0) is 12.1. The van der Waals surface area contributed by atoms with Gasteiger partial charge in [-0.25, -0.2) is 0 Å². The molecule has 0 aliphatic rings. The fourth-order valence-electron chi connectivity index (χ4n) is 1.34. The smallest absolute Gasteiger partial charge is 0.310 e. The maximum Gasteiger partial charge on any atom is 0.310 e. The number of carbonyl (C=O) groups excluding carboxylic acids is 1. The number of nitriles is 1. The van der Waals surface area contributed by atoms with Crippen LogP contribution in [0.15, 0.2) is 17.0 Å². The van der Waals surface area contributed by atoms with Gasteiger partial charge in [-0.05, 0) is 11.1 Å². The Labute approximate surface area is 99.4 Å². The van der Waals surface area contributed by atoms with E-state index in [1.165, 1.54) is 7.11 Å². The first kappa shape index (κ1) is 12.6. The van der Waals surface area contributed by atoms with Gasteiger partial charge in [0, 0.05) is 11.4 Å². The first-order valence-electron chi connectivity index (χ1n) is 4.64. The number of hydrogen-bond acceptors (Lipinski definition) is 5. The standard InChI is InChI=1S/C11H12N2O2S/c1-15-10(14)4-7-2-3-8(5-12)11(16)9(7)6-13/h2-3,16H,4-5,12H2,1H3. The van der Waals surface area contributed by atoms with E-state index in [2.05, 4.69) is 17.4 Å². The van der Waals surface area contributed by atoms with Crippen LogP contribution >= 0.6 is 12.6 Å². The van der Waals surface area contributed by atoms with Crippen LogP contribution in [-0.4, -0.2) is 13.1 Å². The fourth-order valence-corrected chi connectivity index (χ4v) is 1.70. The molecule has 0 aliphatic carbocycles. The lowest BCUT2D eigenvalue weighted by Crippen LogP contribution is -2.08. The topological polar surface area (TPSA) is 76.1 Å². The Hall–Kier alpha value is -1.51. The Kier molecular flexibility index (Phi) is 4.35. The monoisotopic (exact) mass is 236 g/mol. The molecule has 1 aromatic carbocycles. The number of thiol groups is 1. The summed E-state index contributed by atoms with van der Waals surface area (Å²) in [6.07, 6.45) is 0.0673. The van der Waals surface area contributed by atoms with Crippen molar-refractivity contribution < 1.29 is 9.53 Å². The van der Waals surface area contributed by atoms with E-state index in [4.69, 9.17) is 11.0 Å². The van der Waals surface area contributed by atoms with Crippen LogP contribution in [0.5, 0.6) is 0 Å². The lowest BCUT2D eigenvalue weighted by atomic mass is 10.0.